The molecule has 0 aliphatic carbocycles. The number of anilines is 1. The number of rotatable bonds is 7. The summed E-state index contributed by atoms with van der Waals surface area (Å²) < 4.78 is 13.2. The Balaban J connectivity index is 1.40. The number of amides is 1. The van der Waals surface area contributed by atoms with Gasteiger partial charge in [0.25, 0.3) is 0 Å². The molecule has 4 rings (SSSR count). The Bertz CT molecular complexity index is 1000. The van der Waals surface area contributed by atoms with E-state index < -0.39 is 0 Å². The molecule has 0 bridgehead atoms. The maximum Gasteiger partial charge on any atom is 0.228 e. The van der Waals surface area contributed by atoms with E-state index in [1.807, 2.05) is 17.9 Å². The zero-order chi connectivity index (χ0) is 22.3. The van der Waals surface area contributed by atoms with Crippen molar-refractivity contribution in [2.45, 2.75) is 38.6 Å². The summed E-state index contributed by atoms with van der Waals surface area (Å²) in [5.74, 6) is 0.371. The molecule has 5 nitrogen and oxygen atoms in total. The number of aromatic nitrogens is 2. The number of benzene rings is 2. The first-order chi connectivity index (χ1) is 15.6. The SMILES string of the molecule is CCC(=O)N(c1cnc(-c2ccc(F)cc2)cn1)C1CCN(CCc2ccccc2)CC1. The lowest BCUT2D eigenvalue weighted by Crippen LogP contribution is -2.48. The summed E-state index contributed by atoms with van der Waals surface area (Å²) in [7, 11) is 0. The molecular formula is C26H29FN4O. The highest BCUT2D eigenvalue weighted by molar-refractivity contribution is 5.92. The van der Waals surface area contributed by atoms with Gasteiger partial charge in [0.15, 0.2) is 5.82 Å². The molecule has 0 saturated carbocycles. The van der Waals surface area contributed by atoms with Crippen LogP contribution in [0.3, 0.4) is 0 Å². The summed E-state index contributed by atoms with van der Waals surface area (Å²) in [6.07, 6.45) is 6.63. The number of halogens is 1. The number of nitrogens with zero attached hydrogens (tertiary/aromatic N) is 4. The van der Waals surface area contributed by atoms with Gasteiger partial charge in [0.2, 0.25) is 5.91 Å². The van der Waals surface area contributed by atoms with Gasteiger partial charge in [-0.3, -0.25) is 14.7 Å². The molecule has 0 spiro atoms. The van der Waals surface area contributed by atoms with E-state index in [0.717, 1.165) is 44.5 Å². The number of likely N-dealkylation sites (tertiary alicyclic amines) is 1. The van der Waals surface area contributed by atoms with E-state index in [1.54, 1.807) is 24.5 Å². The van der Waals surface area contributed by atoms with Gasteiger partial charge in [-0.1, -0.05) is 37.3 Å². The molecule has 0 radical (unpaired) electrons. The average molecular weight is 433 g/mol. The van der Waals surface area contributed by atoms with Crippen molar-refractivity contribution in [3.05, 3.63) is 78.4 Å². The fraction of sp³-hybridized carbons (Fsp3) is 0.346. The first-order valence-corrected chi connectivity index (χ1v) is 11.3. The zero-order valence-electron chi connectivity index (χ0n) is 18.5. The predicted molar refractivity (Wildman–Crippen MR) is 125 cm³/mol. The van der Waals surface area contributed by atoms with Crippen LogP contribution in [0, 0.1) is 5.82 Å². The van der Waals surface area contributed by atoms with E-state index in [2.05, 4.69) is 39.1 Å². The van der Waals surface area contributed by atoms with Crippen molar-refractivity contribution >= 4 is 11.7 Å². The van der Waals surface area contributed by atoms with Crippen LogP contribution in [-0.2, 0) is 11.2 Å². The van der Waals surface area contributed by atoms with Gasteiger partial charge in [-0.05, 0) is 49.1 Å². The van der Waals surface area contributed by atoms with Gasteiger partial charge < -0.3 is 4.90 Å². The second-order valence-corrected chi connectivity index (χ2v) is 8.19. The van der Waals surface area contributed by atoms with Crippen molar-refractivity contribution in [2.24, 2.45) is 0 Å². The Kier molecular flexibility index (Phi) is 7.22. The van der Waals surface area contributed by atoms with Crippen molar-refractivity contribution in [3.8, 4) is 11.3 Å². The Labute approximate surface area is 188 Å². The molecular weight excluding hydrogens is 403 g/mol. The third-order valence-corrected chi connectivity index (χ3v) is 6.08. The number of carbonyl (C=O) groups is 1. The Morgan fingerprint density at radius 1 is 1.03 bits per heavy atom. The van der Waals surface area contributed by atoms with Crippen LogP contribution in [0.2, 0.25) is 0 Å². The fourth-order valence-corrected chi connectivity index (χ4v) is 4.24. The van der Waals surface area contributed by atoms with E-state index in [-0.39, 0.29) is 17.8 Å². The molecule has 6 heteroatoms. The largest absolute Gasteiger partial charge is 0.303 e. The van der Waals surface area contributed by atoms with Crippen molar-refractivity contribution < 1.29 is 9.18 Å². The molecule has 1 amide bonds. The summed E-state index contributed by atoms with van der Waals surface area (Å²) >= 11 is 0. The minimum atomic E-state index is -0.284. The highest BCUT2D eigenvalue weighted by atomic mass is 19.1. The quantitative estimate of drug-likeness (QED) is 0.541. The van der Waals surface area contributed by atoms with Gasteiger partial charge in [0, 0.05) is 37.7 Å². The molecule has 32 heavy (non-hydrogen) atoms. The highest BCUT2D eigenvalue weighted by Gasteiger charge is 2.29. The van der Waals surface area contributed by atoms with Crippen LogP contribution in [0.5, 0.6) is 0 Å². The third-order valence-electron chi connectivity index (χ3n) is 6.08. The summed E-state index contributed by atoms with van der Waals surface area (Å²) in [6, 6.07) is 16.8. The van der Waals surface area contributed by atoms with Gasteiger partial charge in [-0.15, -0.1) is 0 Å². The normalized spacial score (nSPS) is 14.9. The van der Waals surface area contributed by atoms with Gasteiger partial charge in [-0.2, -0.15) is 0 Å². The summed E-state index contributed by atoms with van der Waals surface area (Å²) in [5, 5.41) is 0. The molecule has 0 atom stereocenters. The average Bonchev–Trinajstić information content (AvgIpc) is 2.85. The standard InChI is InChI=1S/C26H29FN4O/c1-2-26(32)31(25-19-28-24(18-29-25)21-8-10-22(27)11-9-21)23-13-16-30(17-14-23)15-12-20-6-4-3-5-7-20/h3-11,18-19,23H,2,12-17H2,1H3. The maximum absolute atomic E-state index is 13.2. The van der Waals surface area contributed by atoms with E-state index in [0.29, 0.717) is 17.9 Å². The van der Waals surface area contributed by atoms with E-state index in [4.69, 9.17) is 0 Å². The molecule has 1 saturated heterocycles. The van der Waals surface area contributed by atoms with Crippen molar-refractivity contribution in [2.75, 3.05) is 24.5 Å². The van der Waals surface area contributed by atoms with Gasteiger partial charge >= 0.3 is 0 Å². The molecule has 0 unspecified atom stereocenters. The van der Waals surface area contributed by atoms with Gasteiger partial charge in [0.1, 0.15) is 5.82 Å². The van der Waals surface area contributed by atoms with Crippen molar-refractivity contribution in [3.63, 3.8) is 0 Å². The summed E-state index contributed by atoms with van der Waals surface area (Å²) in [6.45, 7) is 4.84. The molecule has 1 aliphatic rings. The summed E-state index contributed by atoms with van der Waals surface area (Å²) in [5.41, 5.74) is 2.81. The fourth-order valence-electron chi connectivity index (χ4n) is 4.24. The second-order valence-electron chi connectivity index (χ2n) is 8.19. The highest BCUT2D eigenvalue weighted by Crippen LogP contribution is 2.25. The minimum Gasteiger partial charge on any atom is -0.303 e. The van der Waals surface area contributed by atoms with Crippen LogP contribution >= 0.6 is 0 Å². The molecule has 1 aliphatic heterocycles. The minimum absolute atomic E-state index is 0.0663. The van der Waals surface area contributed by atoms with Crippen molar-refractivity contribution in [1.82, 2.24) is 14.9 Å². The van der Waals surface area contributed by atoms with Crippen LogP contribution in [0.1, 0.15) is 31.7 Å². The molecule has 2 heterocycles. The molecule has 1 aromatic heterocycles. The Hall–Kier alpha value is -3.12. The van der Waals surface area contributed by atoms with E-state index in [9.17, 15) is 9.18 Å². The van der Waals surface area contributed by atoms with Crippen LogP contribution in [0.4, 0.5) is 10.2 Å². The van der Waals surface area contributed by atoms with E-state index in [1.165, 1.54) is 17.7 Å². The third kappa shape index (κ3) is 5.37. The first-order valence-electron chi connectivity index (χ1n) is 11.3. The monoisotopic (exact) mass is 432 g/mol. The summed E-state index contributed by atoms with van der Waals surface area (Å²) in [4.78, 5) is 26.2. The smallest absolute Gasteiger partial charge is 0.228 e. The topological polar surface area (TPSA) is 49.3 Å². The van der Waals surface area contributed by atoms with Gasteiger partial charge in [-0.25, -0.2) is 9.37 Å². The molecule has 166 valence electrons. The molecule has 0 N–H and O–H groups in total. The van der Waals surface area contributed by atoms with Crippen LogP contribution in [0.15, 0.2) is 67.0 Å². The first kappa shape index (κ1) is 22.1. The van der Waals surface area contributed by atoms with Gasteiger partial charge in [0.05, 0.1) is 18.1 Å². The number of piperidine rings is 1. The molecule has 3 aromatic rings. The van der Waals surface area contributed by atoms with Crippen molar-refractivity contribution in [1.29, 1.82) is 0 Å². The predicted octanol–water partition coefficient (Wildman–Crippen LogP) is 4.73. The Morgan fingerprint density at radius 2 is 1.75 bits per heavy atom. The number of hydrogen-bond acceptors (Lipinski definition) is 4. The zero-order valence-corrected chi connectivity index (χ0v) is 18.5. The maximum atomic E-state index is 13.2. The van der Waals surface area contributed by atoms with Crippen LogP contribution < -0.4 is 4.90 Å². The Morgan fingerprint density at radius 3 is 2.38 bits per heavy atom. The number of hydrogen-bond donors (Lipinski definition) is 0. The van der Waals surface area contributed by atoms with Crippen LogP contribution in [0.25, 0.3) is 11.3 Å². The molecule has 2 aromatic carbocycles. The lowest BCUT2D eigenvalue weighted by Gasteiger charge is -2.38. The second kappa shape index (κ2) is 10.5. The lowest BCUT2D eigenvalue weighted by molar-refractivity contribution is -0.119. The van der Waals surface area contributed by atoms with E-state index >= 15 is 0 Å². The number of carbonyl (C=O) groups excluding carboxylic acids is 1. The van der Waals surface area contributed by atoms with Crippen LogP contribution in [-0.4, -0.2) is 46.5 Å². The lowest BCUT2D eigenvalue weighted by atomic mass is 10.0. The molecule has 1 fully saturated rings.